The lowest BCUT2D eigenvalue weighted by Crippen LogP contribution is -2.25. The van der Waals surface area contributed by atoms with E-state index in [9.17, 15) is 4.79 Å². The number of aryl methyl sites for hydroxylation is 1. The summed E-state index contributed by atoms with van der Waals surface area (Å²) in [7, 11) is 0. The Hall–Kier alpha value is -1.78. The summed E-state index contributed by atoms with van der Waals surface area (Å²) in [5, 5.41) is 3.05. The van der Waals surface area contributed by atoms with Crippen LogP contribution in [0.3, 0.4) is 0 Å². The van der Waals surface area contributed by atoms with Crippen LogP contribution in [0, 0.1) is 0 Å². The van der Waals surface area contributed by atoms with Crippen LogP contribution in [-0.2, 0) is 11.2 Å². The number of hydrogen-bond donors (Lipinski definition) is 1. The average Bonchev–Trinajstić information content (AvgIpc) is 3.18. The van der Waals surface area contributed by atoms with Gasteiger partial charge in [0.05, 0.1) is 11.7 Å². The van der Waals surface area contributed by atoms with Crippen molar-refractivity contribution in [1.29, 1.82) is 0 Å². The molecular formula is C21H25NO2S. The molecule has 1 heterocycles. The molecule has 1 amide bonds. The highest BCUT2D eigenvalue weighted by atomic mass is 32.2. The second kappa shape index (κ2) is 9.64. The zero-order chi connectivity index (χ0) is 17.3. The third kappa shape index (κ3) is 5.62. The maximum atomic E-state index is 12.5. The molecule has 1 unspecified atom stereocenters. The molecule has 1 aliphatic rings. The van der Waals surface area contributed by atoms with E-state index in [-0.39, 0.29) is 5.91 Å². The van der Waals surface area contributed by atoms with Gasteiger partial charge >= 0.3 is 0 Å². The average molecular weight is 356 g/mol. The van der Waals surface area contributed by atoms with E-state index in [1.807, 2.05) is 30.3 Å². The van der Waals surface area contributed by atoms with Crippen molar-refractivity contribution < 1.29 is 9.53 Å². The van der Waals surface area contributed by atoms with Gasteiger partial charge in [0, 0.05) is 23.8 Å². The highest BCUT2D eigenvalue weighted by Crippen LogP contribution is 2.26. The molecule has 4 heteroatoms. The fourth-order valence-electron chi connectivity index (χ4n) is 2.97. The van der Waals surface area contributed by atoms with Crippen LogP contribution in [0.15, 0.2) is 59.5 Å². The smallest absolute Gasteiger partial charge is 0.252 e. The molecule has 3 rings (SSSR count). The van der Waals surface area contributed by atoms with Gasteiger partial charge in [0.15, 0.2) is 0 Å². The van der Waals surface area contributed by atoms with Gasteiger partial charge in [0.25, 0.3) is 5.91 Å². The summed E-state index contributed by atoms with van der Waals surface area (Å²) in [5.74, 6) is 0.932. The Kier molecular flexibility index (Phi) is 6.95. The zero-order valence-corrected chi connectivity index (χ0v) is 15.3. The molecule has 1 N–H and O–H groups in total. The summed E-state index contributed by atoms with van der Waals surface area (Å²) in [4.78, 5) is 13.6. The summed E-state index contributed by atoms with van der Waals surface area (Å²) in [5.41, 5.74) is 2.08. The van der Waals surface area contributed by atoms with Crippen molar-refractivity contribution in [2.45, 2.75) is 36.7 Å². The van der Waals surface area contributed by atoms with Gasteiger partial charge in [-0.05, 0) is 43.4 Å². The van der Waals surface area contributed by atoms with Gasteiger partial charge < -0.3 is 10.1 Å². The Morgan fingerprint density at radius 3 is 2.72 bits per heavy atom. The predicted molar refractivity (Wildman–Crippen MR) is 103 cm³/mol. The van der Waals surface area contributed by atoms with Gasteiger partial charge in [-0.3, -0.25) is 4.79 Å². The molecule has 2 aromatic carbocycles. The number of ether oxygens (including phenoxy) is 1. The van der Waals surface area contributed by atoms with Gasteiger partial charge in [0.2, 0.25) is 0 Å². The lowest BCUT2D eigenvalue weighted by molar-refractivity contribution is 0.0950. The van der Waals surface area contributed by atoms with E-state index in [0.29, 0.717) is 12.6 Å². The molecule has 0 saturated carbocycles. The number of carbonyl (C=O) groups excluding carboxylic acids is 1. The molecule has 132 valence electrons. The number of carbonyl (C=O) groups is 1. The minimum atomic E-state index is 0.0171. The third-order valence-corrected chi connectivity index (χ3v) is 5.56. The lowest BCUT2D eigenvalue weighted by Gasteiger charge is -2.12. The number of hydrogen-bond acceptors (Lipinski definition) is 3. The molecule has 1 fully saturated rings. The fourth-order valence-corrected chi connectivity index (χ4v) is 4.09. The van der Waals surface area contributed by atoms with Gasteiger partial charge in [-0.25, -0.2) is 0 Å². The monoisotopic (exact) mass is 355 g/mol. The molecule has 0 radical (unpaired) electrons. The summed E-state index contributed by atoms with van der Waals surface area (Å²) in [6.07, 6.45) is 4.53. The van der Waals surface area contributed by atoms with E-state index in [1.54, 1.807) is 11.8 Å². The van der Waals surface area contributed by atoms with E-state index >= 15 is 0 Å². The largest absolute Gasteiger partial charge is 0.377 e. The molecular weight excluding hydrogens is 330 g/mol. The summed E-state index contributed by atoms with van der Waals surface area (Å²) in [6, 6.07) is 18.2. The van der Waals surface area contributed by atoms with Crippen molar-refractivity contribution >= 4 is 17.7 Å². The van der Waals surface area contributed by atoms with Crippen LogP contribution in [0.5, 0.6) is 0 Å². The maximum absolute atomic E-state index is 12.5. The van der Waals surface area contributed by atoms with E-state index in [1.165, 1.54) is 5.56 Å². The molecule has 3 nitrogen and oxygen atoms in total. The lowest BCUT2D eigenvalue weighted by atomic mass is 10.1. The van der Waals surface area contributed by atoms with Crippen LogP contribution in [0.2, 0.25) is 0 Å². The Morgan fingerprint density at radius 2 is 1.92 bits per heavy atom. The molecule has 0 bridgehead atoms. The molecule has 1 atom stereocenters. The first-order chi connectivity index (χ1) is 12.3. The Morgan fingerprint density at radius 1 is 1.12 bits per heavy atom. The van der Waals surface area contributed by atoms with Crippen LogP contribution < -0.4 is 5.32 Å². The standard InChI is InChI=1S/C21H25NO2S/c23-21(22-14-6-10-17-8-2-1-3-9-17)19-12-4-5-13-20(19)25-16-18-11-7-15-24-18/h1-5,8-9,12-13,18H,6-7,10-11,14-16H2,(H,22,23). The normalized spacial score (nSPS) is 16.7. The van der Waals surface area contributed by atoms with E-state index in [2.05, 4.69) is 29.6 Å². The van der Waals surface area contributed by atoms with E-state index in [0.717, 1.165) is 48.5 Å². The highest BCUT2D eigenvalue weighted by molar-refractivity contribution is 7.99. The molecule has 0 spiro atoms. The minimum Gasteiger partial charge on any atom is -0.377 e. The van der Waals surface area contributed by atoms with Gasteiger partial charge in [-0.1, -0.05) is 42.5 Å². The van der Waals surface area contributed by atoms with Crippen molar-refractivity contribution in [2.24, 2.45) is 0 Å². The van der Waals surface area contributed by atoms with Crippen LogP contribution in [-0.4, -0.2) is 30.9 Å². The maximum Gasteiger partial charge on any atom is 0.252 e. The van der Waals surface area contributed by atoms with Crippen molar-refractivity contribution in [1.82, 2.24) is 5.32 Å². The number of benzene rings is 2. The molecule has 25 heavy (non-hydrogen) atoms. The number of thioether (sulfide) groups is 1. The number of amides is 1. The van der Waals surface area contributed by atoms with Gasteiger partial charge in [-0.15, -0.1) is 11.8 Å². The molecule has 0 aliphatic carbocycles. The summed E-state index contributed by atoms with van der Waals surface area (Å²) < 4.78 is 5.68. The SMILES string of the molecule is O=C(NCCCc1ccccc1)c1ccccc1SCC1CCCO1. The molecule has 1 aliphatic heterocycles. The fraction of sp³-hybridized carbons (Fsp3) is 0.381. The summed E-state index contributed by atoms with van der Waals surface area (Å²) in [6.45, 7) is 1.56. The van der Waals surface area contributed by atoms with Gasteiger partial charge in [0.1, 0.15) is 0 Å². The molecule has 1 saturated heterocycles. The topological polar surface area (TPSA) is 38.3 Å². The van der Waals surface area contributed by atoms with E-state index in [4.69, 9.17) is 4.74 Å². The quantitative estimate of drug-likeness (QED) is 0.566. The number of nitrogens with one attached hydrogen (secondary N) is 1. The first kappa shape index (κ1) is 18.0. The van der Waals surface area contributed by atoms with Crippen molar-refractivity contribution in [3.05, 3.63) is 65.7 Å². The second-order valence-electron chi connectivity index (χ2n) is 6.29. The Labute approximate surface area is 154 Å². The number of rotatable bonds is 8. The zero-order valence-electron chi connectivity index (χ0n) is 14.4. The Bertz CT molecular complexity index is 669. The summed E-state index contributed by atoms with van der Waals surface area (Å²) >= 11 is 1.72. The molecule has 2 aromatic rings. The van der Waals surface area contributed by atoms with Crippen LogP contribution >= 0.6 is 11.8 Å². The second-order valence-corrected chi connectivity index (χ2v) is 7.35. The molecule has 0 aromatic heterocycles. The Balaban J connectivity index is 1.47. The van der Waals surface area contributed by atoms with Crippen LogP contribution in [0.1, 0.15) is 35.2 Å². The predicted octanol–water partition coefficient (Wildman–Crippen LogP) is 4.32. The van der Waals surface area contributed by atoms with E-state index < -0.39 is 0 Å². The minimum absolute atomic E-state index is 0.0171. The van der Waals surface area contributed by atoms with Crippen molar-refractivity contribution in [3.63, 3.8) is 0 Å². The first-order valence-electron chi connectivity index (χ1n) is 8.98. The van der Waals surface area contributed by atoms with Gasteiger partial charge in [-0.2, -0.15) is 0 Å². The van der Waals surface area contributed by atoms with Crippen LogP contribution in [0.4, 0.5) is 0 Å². The highest BCUT2D eigenvalue weighted by Gasteiger charge is 2.17. The third-order valence-electron chi connectivity index (χ3n) is 4.35. The van der Waals surface area contributed by atoms with Crippen molar-refractivity contribution in [2.75, 3.05) is 18.9 Å². The van der Waals surface area contributed by atoms with Crippen molar-refractivity contribution in [3.8, 4) is 0 Å². The first-order valence-corrected chi connectivity index (χ1v) is 9.97. The van der Waals surface area contributed by atoms with Crippen LogP contribution in [0.25, 0.3) is 0 Å².